The molecule has 0 aromatic heterocycles. The van der Waals surface area contributed by atoms with Crippen molar-refractivity contribution in [1.29, 1.82) is 0 Å². The van der Waals surface area contributed by atoms with Crippen molar-refractivity contribution in [2.45, 2.75) is 26.3 Å². The molecule has 2 rings (SSSR count). The molecule has 0 fully saturated rings. The van der Waals surface area contributed by atoms with Gasteiger partial charge in [0.05, 0.1) is 6.04 Å². The Labute approximate surface area is 115 Å². The molecule has 2 aromatic carbocycles. The molecule has 1 atom stereocenters. The Kier molecular flexibility index (Phi) is 4.58. The first-order valence-electron chi connectivity index (χ1n) is 6.86. The number of rotatable bonds is 5. The quantitative estimate of drug-likeness (QED) is 0.854. The summed E-state index contributed by atoms with van der Waals surface area (Å²) in [7, 11) is 0. The third kappa shape index (κ3) is 3.15. The summed E-state index contributed by atoms with van der Waals surface area (Å²) in [4.78, 5) is 0. The molecule has 0 aliphatic rings. The van der Waals surface area contributed by atoms with E-state index in [4.69, 9.17) is 5.73 Å². The Bertz CT molecular complexity index is 534. The largest absolute Gasteiger partial charge is 0.377 e. The van der Waals surface area contributed by atoms with E-state index in [-0.39, 0.29) is 6.04 Å². The lowest BCUT2D eigenvalue weighted by molar-refractivity contribution is 0.776. The smallest absolute Gasteiger partial charge is 0.0638 e. The van der Waals surface area contributed by atoms with E-state index in [0.29, 0.717) is 6.54 Å². The first-order chi connectivity index (χ1) is 9.26. The molecule has 0 heterocycles. The van der Waals surface area contributed by atoms with Gasteiger partial charge in [-0.15, -0.1) is 0 Å². The van der Waals surface area contributed by atoms with E-state index in [9.17, 15) is 0 Å². The van der Waals surface area contributed by atoms with Crippen molar-refractivity contribution >= 4 is 5.69 Å². The predicted molar refractivity (Wildman–Crippen MR) is 82.4 cm³/mol. The molecule has 2 nitrogen and oxygen atoms in total. The lowest BCUT2D eigenvalue weighted by Gasteiger charge is -2.22. The summed E-state index contributed by atoms with van der Waals surface area (Å²) in [5, 5.41) is 3.56. The zero-order chi connectivity index (χ0) is 13.7. The average molecular weight is 254 g/mol. The Morgan fingerprint density at radius 3 is 2.42 bits per heavy atom. The van der Waals surface area contributed by atoms with Gasteiger partial charge in [0.15, 0.2) is 0 Å². The highest BCUT2D eigenvalue weighted by atomic mass is 14.9. The van der Waals surface area contributed by atoms with Crippen molar-refractivity contribution in [3.63, 3.8) is 0 Å². The molecule has 2 heteroatoms. The Hall–Kier alpha value is -1.80. The zero-order valence-electron chi connectivity index (χ0n) is 11.7. The van der Waals surface area contributed by atoms with Gasteiger partial charge in [0, 0.05) is 12.2 Å². The third-order valence-corrected chi connectivity index (χ3v) is 3.52. The first kappa shape index (κ1) is 13.6. The molecule has 0 aliphatic carbocycles. The maximum absolute atomic E-state index is 5.96. The van der Waals surface area contributed by atoms with Gasteiger partial charge in [-0.2, -0.15) is 0 Å². The van der Waals surface area contributed by atoms with Crippen LogP contribution in [0.2, 0.25) is 0 Å². The molecule has 0 bridgehead atoms. The fourth-order valence-electron chi connectivity index (χ4n) is 2.38. The molecular formula is C17H22N2. The van der Waals surface area contributed by atoms with Crippen LogP contribution in [0.25, 0.3) is 0 Å². The second kappa shape index (κ2) is 6.39. The Balaban J connectivity index is 2.28. The van der Waals surface area contributed by atoms with Gasteiger partial charge >= 0.3 is 0 Å². The molecule has 0 spiro atoms. The Morgan fingerprint density at radius 1 is 1.05 bits per heavy atom. The maximum atomic E-state index is 5.96. The van der Waals surface area contributed by atoms with E-state index in [0.717, 1.165) is 12.1 Å². The van der Waals surface area contributed by atoms with Crippen molar-refractivity contribution < 1.29 is 0 Å². The summed E-state index contributed by atoms with van der Waals surface area (Å²) in [5.74, 6) is 0. The molecule has 2 aromatic rings. The highest BCUT2D eigenvalue weighted by Gasteiger charge is 2.13. The van der Waals surface area contributed by atoms with Crippen molar-refractivity contribution in [2.75, 3.05) is 11.9 Å². The third-order valence-electron chi connectivity index (χ3n) is 3.52. The van der Waals surface area contributed by atoms with Crippen LogP contribution in [0.1, 0.15) is 29.7 Å². The highest BCUT2D eigenvalue weighted by molar-refractivity contribution is 5.52. The van der Waals surface area contributed by atoms with Gasteiger partial charge in [-0.3, -0.25) is 0 Å². The van der Waals surface area contributed by atoms with Gasteiger partial charge in [-0.25, -0.2) is 0 Å². The van der Waals surface area contributed by atoms with E-state index in [1.165, 1.54) is 16.7 Å². The van der Waals surface area contributed by atoms with Crippen molar-refractivity contribution in [3.05, 3.63) is 65.2 Å². The summed E-state index contributed by atoms with van der Waals surface area (Å²) >= 11 is 0. The SMILES string of the molecule is CCc1ccccc1C(CN)Nc1ccccc1C. The van der Waals surface area contributed by atoms with Crippen LogP contribution in [-0.4, -0.2) is 6.54 Å². The van der Waals surface area contributed by atoms with Crippen LogP contribution in [0.3, 0.4) is 0 Å². The molecule has 0 aliphatic heterocycles. The number of nitrogens with two attached hydrogens (primary N) is 1. The topological polar surface area (TPSA) is 38.0 Å². The molecule has 1 unspecified atom stereocenters. The molecule has 0 saturated carbocycles. The minimum absolute atomic E-state index is 0.164. The number of benzene rings is 2. The van der Waals surface area contributed by atoms with E-state index < -0.39 is 0 Å². The lowest BCUT2D eigenvalue weighted by Crippen LogP contribution is -2.22. The van der Waals surface area contributed by atoms with Crippen LogP contribution >= 0.6 is 0 Å². The first-order valence-corrected chi connectivity index (χ1v) is 6.86. The average Bonchev–Trinajstić information content (AvgIpc) is 2.46. The van der Waals surface area contributed by atoms with Gasteiger partial charge in [-0.1, -0.05) is 49.4 Å². The molecular weight excluding hydrogens is 232 g/mol. The number of aryl methyl sites for hydroxylation is 2. The molecule has 100 valence electrons. The van der Waals surface area contributed by atoms with E-state index >= 15 is 0 Å². The molecule has 3 N–H and O–H groups in total. The minimum Gasteiger partial charge on any atom is -0.377 e. The standard InChI is InChI=1S/C17H22N2/c1-3-14-9-5-6-10-15(14)17(12-18)19-16-11-7-4-8-13(16)2/h4-11,17,19H,3,12,18H2,1-2H3. The summed E-state index contributed by atoms with van der Waals surface area (Å²) in [6.07, 6.45) is 1.03. The zero-order valence-corrected chi connectivity index (χ0v) is 11.7. The van der Waals surface area contributed by atoms with Gasteiger partial charge in [0.2, 0.25) is 0 Å². The second-order valence-corrected chi connectivity index (χ2v) is 4.80. The van der Waals surface area contributed by atoms with Gasteiger partial charge in [0.1, 0.15) is 0 Å². The summed E-state index contributed by atoms with van der Waals surface area (Å²) in [6.45, 7) is 4.88. The van der Waals surface area contributed by atoms with E-state index in [2.05, 4.69) is 67.7 Å². The van der Waals surface area contributed by atoms with Gasteiger partial charge in [-0.05, 0) is 36.1 Å². The maximum Gasteiger partial charge on any atom is 0.0638 e. The normalized spacial score (nSPS) is 12.2. The fraction of sp³-hybridized carbons (Fsp3) is 0.294. The van der Waals surface area contributed by atoms with Gasteiger partial charge in [0.25, 0.3) is 0 Å². The summed E-state index contributed by atoms with van der Waals surface area (Å²) in [5.41, 5.74) is 11.0. The van der Waals surface area contributed by atoms with Crippen LogP contribution in [0, 0.1) is 6.92 Å². The van der Waals surface area contributed by atoms with Crippen LogP contribution in [0.4, 0.5) is 5.69 Å². The van der Waals surface area contributed by atoms with Crippen LogP contribution in [-0.2, 0) is 6.42 Å². The molecule has 0 saturated heterocycles. The number of para-hydroxylation sites is 1. The van der Waals surface area contributed by atoms with Gasteiger partial charge < -0.3 is 11.1 Å². The van der Waals surface area contributed by atoms with E-state index in [1.54, 1.807) is 0 Å². The monoisotopic (exact) mass is 254 g/mol. The van der Waals surface area contributed by atoms with Crippen LogP contribution < -0.4 is 11.1 Å². The van der Waals surface area contributed by atoms with Crippen molar-refractivity contribution in [3.8, 4) is 0 Å². The number of hydrogen-bond donors (Lipinski definition) is 2. The number of anilines is 1. The number of nitrogens with one attached hydrogen (secondary N) is 1. The minimum atomic E-state index is 0.164. The fourth-order valence-corrected chi connectivity index (χ4v) is 2.38. The van der Waals surface area contributed by atoms with Crippen LogP contribution in [0.5, 0.6) is 0 Å². The van der Waals surface area contributed by atoms with Crippen molar-refractivity contribution in [2.24, 2.45) is 5.73 Å². The Morgan fingerprint density at radius 2 is 1.74 bits per heavy atom. The van der Waals surface area contributed by atoms with Crippen molar-refractivity contribution in [1.82, 2.24) is 0 Å². The molecule has 19 heavy (non-hydrogen) atoms. The summed E-state index contributed by atoms with van der Waals surface area (Å²) in [6, 6.07) is 17.0. The molecule has 0 amide bonds. The predicted octanol–water partition coefficient (Wildman–Crippen LogP) is 3.67. The molecule has 0 radical (unpaired) electrons. The second-order valence-electron chi connectivity index (χ2n) is 4.80. The van der Waals surface area contributed by atoms with Crippen LogP contribution in [0.15, 0.2) is 48.5 Å². The lowest BCUT2D eigenvalue weighted by atomic mass is 9.98. The number of hydrogen-bond acceptors (Lipinski definition) is 2. The van der Waals surface area contributed by atoms with E-state index in [1.807, 2.05) is 0 Å². The highest BCUT2D eigenvalue weighted by Crippen LogP contribution is 2.24. The summed E-state index contributed by atoms with van der Waals surface area (Å²) < 4.78 is 0.